The van der Waals surface area contributed by atoms with Crippen LogP contribution in [0.1, 0.15) is 38.9 Å². The van der Waals surface area contributed by atoms with Gasteiger partial charge in [-0.05, 0) is 30.5 Å². The van der Waals surface area contributed by atoms with E-state index in [1.165, 1.54) is 18.2 Å². The number of hydrogen-bond donors (Lipinski definition) is 1. The van der Waals surface area contributed by atoms with E-state index >= 15 is 0 Å². The van der Waals surface area contributed by atoms with Gasteiger partial charge in [-0.15, -0.1) is 0 Å². The van der Waals surface area contributed by atoms with E-state index in [9.17, 15) is 4.79 Å². The summed E-state index contributed by atoms with van der Waals surface area (Å²) < 4.78 is 10.3. The van der Waals surface area contributed by atoms with Crippen molar-refractivity contribution in [1.29, 1.82) is 0 Å². The Labute approximate surface area is 124 Å². The van der Waals surface area contributed by atoms with Crippen molar-refractivity contribution >= 4 is 5.97 Å². The van der Waals surface area contributed by atoms with Gasteiger partial charge in [0.15, 0.2) is 0 Å². The highest BCUT2D eigenvalue weighted by Gasteiger charge is 2.24. The molecule has 0 saturated heterocycles. The Bertz CT molecular complexity index is 660. The summed E-state index contributed by atoms with van der Waals surface area (Å²) in [7, 11) is 1.38. The van der Waals surface area contributed by atoms with Gasteiger partial charge in [0.25, 0.3) is 0 Å². The lowest BCUT2D eigenvalue weighted by atomic mass is 9.77. The van der Waals surface area contributed by atoms with Crippen LogP contribution in [0.4, 0.5) is 0 Å². The lowest BCUT2D eigenvalue weighted by Gasteiger charge is -2.30. The Balaban J connectivity index is 1.54. The number of nitrogens with one attached hydrogen (secondary N) is 1. The van der Waals surface area contributed by atoms with Crippen molar-refractivity contribution < 1.29 is 13.9 Å². The lowest BCUT2D eigenvalue weighted by molar-refractivity contribution is 0.0599. The Hall–Kier alpha value is -2.07. The van der Waals surface area contributed by atoms with Crippen molar-refractivity contribution in [2.24, 2.45) is 0 Å². The van der Waals surface area contributed by atoms with Gasteiger partial charge in [0.1, 0.15) is 17.1 Å². The van der Waals surface area contributed by atoms with Crippen LogP contribution in [0.3, 0.4) is 0 Å². The third-order valence-electron chi connectivity index (χ3n) is 4.03. The molecule has 1 aliphatic rings. The molecule has 0 saturated carbocycles. The molecule has 0 aliphatic heterocycles. The molecule has 110 valence electrons. The molecule has 4 nitrogen and oxygen atoms in total. The molecule has 1 aliphatic carbocycles. The number of methoxy groups -OCH3 is 1. The molecule has 0 spiro atoms. The minimum Gasteiger partial charge on any atom is -0.465 e. The molecule has 1 N–H and O–H groups in total. The largest absolute Gasteiger partial charge is 0.465 e. The lowest BCUT2D eigenvalue weighted by Crippen LogP contribution is -2.28. The van der Waals surface area contributed by atoms with Crippen molar-refractivity contribution in [2.75, 3.05) is 13.7 Å². The summed E-state index contributed by atoms with van der Waals surface area (Å²) in [6.07, 6.45) is 1.13. The van der Waals surface area contributed by atoms with Crippen LogP contribution in [0.15, 0.2) is 34.7 Å². The minimum absolute atomic E-state index is 0.351. The van der Waals surface area contributed by atoms with E-state index in [4.69, 9.17) is 9.15 Å². The van der Waals surface area contributed by atoms with E-state index < -0.39 is 0 Å². The molecule has 21 heavy (non-hydrogen) atoms. The number of rotatable bonds is 5. The quantitative estimate of drug-likeness (QED) is 0.858. The van der Waals surface area contributed by atoms with Crippen molar-refractivity contribution in [3.8, 4) is 0 Å². The van der Waals surface area contributed by atoms with Crippen molar-refractivity contribution in [3.63, 3.8) is 0 Å². The smallest absolute Gasteiger partial charge is 0.341 e. The fourth-order valence-electron chi connectivity index (χ4n) is 2.86. The van der Waals surface area contributed by atoms with Gasteiger partial charge in [-0.25, -0.2) is 4.79 Å². The van der Waals surface area contributed by atoms with Gasteiger partial charge in [-0.3, -0.25) is 0 Å². The number of fused-ring (bicyclic) bond motifs is 1. The first kappa shape index (κ1) is 13.9. The first-order chi connectivity index (χ1) is 10.2. The zero-order valence-electron chi connectivity index (χ0n) is 12.3. The standard InChI is InChI=1S/C17H19NO3/c1-11-16(17(19)20-2)8-14(21-11)10-18-9-13-7-12-5-3-4-6-15(12)13/h3-6,8,13,18H,7,9-10H2,1-2H3. The number of furan rings is 1. The maximum absolute atomic E-state index is 11.5. The van der Waals surface area contributed by atoms with Crippen molar-refractivity contribution in [1.82, 2.24) is 5.32 Å². The van der Waals surface area contributed by atoms with Gasteiger partial charge in [0.05, 0.1) is 13.7 Å². The van der Waals surface area contributed by atoms with Crippen LogP contribution in [0.5, 0.6) is 0 Å². The van der Waals surface area contributed by atoms with Crippen LogP contribution < -0.4 is 5.32 Å². The summed E-state index contributed by atoms with van der Waals surface area (Å²) in [4.78, 5) is 11.5. The van der Waals surface area contributed by atoms with Crippen molar-refractivity contribution in [3.05, 3.63) is 58.5 Å². The van der Waals surface area contributed by atoms with Crippen LogP contribution >= 0.6 is 0 Å². The second-order valence-electron chi connectivity index (χ2n) is 5.40. The average Bonchev–Trinajstić information content (AvgIpc) is 2.84. The molecule has 1 atom stereocenters. The Morgan fingerprint density at radius 3 is 3.00 bits per heavy atom. The van der Waals surface area contributed by atoms with E-state index in [0.29, 0.717) is 23.8 Å². The normalized spacial score (nSPS) is 16.2. The number of esters is 1. The highest BCUT2D eigenvalue weighted by molar-refractivity contribution is 5.90. The topological polar surface area (TPSA) is 51.5 Å². The summed E-state index contributed by atoms with van der Waals surface area (Å²) in [5.74, 6) is 1.60. The number of benzene rings is 1. The SMILES string of the molecule is COC(=O)c1cc(CNCC2Cc3ccccc32)oc1C. The predicted octanol–water partition coefficient (Wildman–Crippen LogP) is 2.80. The van der Waals surface area contributed by atoms with Crippen LogP contribution in [0.25, 0.3) is 0 Å². The van der Waals surface area contributed by atoms with Gasteiger partial charge in [-0.2, -0.15) is 0 Å². The van der Waals surface area contributed by atoms with Crippen molar-refractivity contribution in [2.45, 2.75) is 25.8 Å². The molecule has 2 aromatic rings. The second kappa shape index (κ2) is 5.74. The molecule has 0 radical (unpaired) electrons. The first-order valence-corrected chi connectivity index (χ1v) is 7.15. The molecule has 1 heterocycles. The minimum atomic E-state index is -0.351. The number of carbonyl (C=O) groups is 1. The number of aryl methyl sites for hydroxylation is 1. The number of ether oxygens (including phenoxy) is 1. The fraction of sp³-hybridized carbons (Fsp3) is 0.353. The van der Waals surface area contributed by atoms with E-state index in [2.05, 4.69) is 29.6 Å². The monoisotopic (exact) mass is 285 g/mol. The van der Waals surface area contributed by atoms with Crippen LogP contribution in [0, 0.1) is 6.92 Å². The Morgan fingerprint density at radius 1 is 1.43 bits per heavy atom. The third kappa shape index (κ3) is 2.72. The maximum atomic E-state index is 11.5. The Kier molecular flexibility index (Phi) is 3.80. The highest BCUT2D eigenvalue weighted by Crippen LogP contribution is 2.34. The molecule has 4 heteroatoms. The molecule has 0 bridgehead atoms. The summed E-state index contributed by atoms with van der Waals surface area (Å²) in [5.41, 5.74) is 3.39. The molecule has 3 rings (SSSR count). The summed E-state index contributed by atoms with van der Waals surface area (Å²) in [6, 6.07) is 10.3. The third-order valence-corrected chi connectivity index (χ3v) is 4.03. The van der Waals surface area contributed by atoms with Gasteiger partial charge >= 0.3 is 5.97 Å². The average molecular weight is 285 g/mol. The summed E-state index contributed by atoms with van der Waals surface area (Å²) in [6.45, 7) is 3.32. The summed E-state index contributed by atoms with van der Waals surface area (Å²) in [5, 5.41) is 3.40. The van der Waals surface area contributed by atoms with E-state index in [1.807, 2.05) is 0 Å². The van der Waals surface area contributed by atoms with E-state index in [0.717, 1.165) is 18.7 Å². The predicted molar refractivity (Wildman–Crippen MR) is 79.4 cm³/mol. The zero-order chi connectivity index (χ0) is 14.8. The number of carbonyl (C=O) groups excluding carboxylic acids is 1. The van der Waals surface area contributed by atoms with Gasteiger partial charge < -0.3 is 14.5 Å². The number of hydrogen-bond acceptors (Lipinski definition) is 4. The van der Waals surface area contributed by atoms with Gasteiger partial charge in [0, 0.05) is 12.5 Å². The van der Waals surface area contributed by atoms with E-state index in [-0.39, 0.29) is 5.97 Å². The molecule has 0 fully saturated rings. The van der Waals surface area contributed by atoms with E-state index in [1.54, 1.807) is 13.0 Å². The van der Waals surface area contributed by atoms with Crippen LogP contribution in [0.2, 0.25) is 0 Å². The first-order valence-electron chi connectivity index (χ1n) is 7.15. The molecular formula is C17H19NO3. The fourth-order valence-corrected chi connectivity index (χ4v) is 2.86. The molecule has 1 unspecified atom stereocenters. The molecule has 1 aromatic heterocycles. The van der Waals surface area contributed by atoms with Crippen LogP contribution in [-0.4, -0.2) is 19.6 Å². The van der Waals surface area contributed by atoms with Gasteiger partial charge in [0.2, 0.25) is 0 Å². The van der Waals surface area contributed by atoms with Crippen LogP contribution in [-0.2, 0) is 17.7 Å². The maximum Gasteiger partial charge on any atom is 0.341 e. The Morgan fingerprint density at radius 2 is 2.24 bits per heavy atom. The highest BCUT2D eigenvalue weighted by atomic mass is 16.5. The second-order valence-corrected chi connectivity index (χ2v) is 5.40. The molecule has 1 aromatic carbocycles. The molecular weight excluding hydrogens is 266 g/mol. The molecule has 0 amide bonds. The van der Waals surface area contributed by atoms with Gasteiger partial charge in [-0.1, -0.05) is 24.3 Å². The zero-order valence-corrected chi connectivity index (χ0v) is 12.3. The summed E-state index contributed by atoms with van der Waals surface area (Å²) >= 11 is 0.